The molecule has 6 heteroatoms. The SMILES string of the molecule is COC(=O)[C@H](CCC(=O)O)CC(=O)O. The maximum Gasteiger partial charge on any atom is 0.309 e. The number of hydrogen-bond acceptors (Lipinski definition) is 4. The van der Waals surface area contributed by atoms with Crippen LogP contribution in [0.25, 0.3) is 0 Å². The van der Waals surface area contributed by atoms with Gasteiger partial charge in [-0.15, -0.1) is 0 Å². The number of aliphatic carboxylic acids is 2. The quantitative estimate of drug-likeness (QED) is 0.595. The summed E-state index contributed by atoms with van der Waals surface area (Å²) in [4.78, 5) is 31.5. The van der Waals surface area contributed by atoms with E-state index in [1.807, 2.05) is 0 Å². The molecule has 2 N–H and O–H groups in total. The zero-order valence-electron chi connectivity index (χ0n) is 7.73. The van der Waals surface area contributed by atoms with Gasteiger partial charge in [-0.3, -0.25) is 14.4 Å². The minimum Gasteiger partial charge on any atom is -0.481 e. The molecule has 0 aliphatic carbocycles. The largest absolute Gasteiger partial charge is 0.481 e. The van der Waals surface area contributed by atoms with Gasteiger partial charge in [-0.2, -0.15) is 0 Å². The van der Waals surface area contributed by atoms with Crippen molar-refractivity contribution in [2.75, 3.05) is 7.11 Å². The predicted octanol–water partition coefficient (Wildman–Crippen LogP) is 0.115. The third-order valence-corrected chi connectivity index (χ3v) is 1.66. The first-order valence-corrected chi connectivity index (χ1v) is 3.98. The summed E-state index contributed by atoms with van der Waals surface area (Å²) >= 11 is 0. The minimum atomic E-state index is -1.15. The number of esters is 1. The van der Waals surface area contributed by atoms with Crippen molar-refractivity contribution in [3.05, 3.63) is 0 Å². The molecule has 0 aromatic heterocycles. The third kappa shape index (κ3) is 5.13. The summed E-state index contributed by atoms with van der Waals surface area (Å²) in [6, 6.07) is 0. The zero-order chi connectivity index (χ0) is 11.1. The number of hydrogen-bond donors (Lipinski definition) is 2. The lowest BCUT2D eigenvalue weighted by molar-refractivity contribution is -0.151. The lowest BCUT2D eigenvalue weighted by Crippen LogP contribution is -2.20. The van der Waals surface area contributed by atoms with Gasteiger partial charge in [0.15, 0.2) is 0 Å². The molecule has 0 heterocycles. The molecule has 0 amide bonds. The summed E-state index contributed by atoms with van der Waals surface area (Å²) in [5.74, 6) is -3.78. The fraction of sp³-hybridized carbons (Fsp3) is 0.625. The molecule has 6 nitrogen and oxygen atoms in total. The number of carbonyl (C=O) groups excluding carboxylic acids is 1. The van der Waals surface area contributed by atoms with Crippen LogP contribution in [0.1, 0.15) is 19.3 Å². The zero-order valence-corrected chi connectivity index (χ0v) is 7.73. The van der Waals surface area contributed by atoms with Crippen LogP contribution in [0, 0.1) is 5.92 Å². The molecular formula is C8H12O6. The van der Waals surface area contributed by atoms with Gasteiger partial charge in [-0.1, -0.05) is 0 Å². The minimum absolute atomic E-state index is 0.0195. The molecule has 0 aromatic carbocycles. The average molecular weight is 204 g/mol. The van der Waals surface area contributed by atoms with E-state index < -0.39 is 30.2 Å². The van der Waals surface area contributed by atoms with Crippen molar-refractivity contribution in [3.8, 4) is 0 Å². The topological polar surface area (TPSA) is 101 Å². The predicted molar refractivity (Wildman–Crippen MR) is 44.6 cm³/mol. The highest BCUT2D eigenvalue weighted by molar-refractivity contribution is 5.79. The van der Waals surface area contributed by atoms with Crippen LogP contribution >= 0.6 is 0 Å². The van der Waals surface area contributed by atoms with Gasteiger partial charge < -0.3 is 14.9 Å². The van der Waals surface area contributed by atoms with Gasteiger partial charge in [0, 0.05) is 6.42 Å². The second-order valence-corrected chi connectivity index (χ2v) is 2.75. The molecule has 14 heavy (non-hydrogen) atoms. The number of carboxylic acid groups (broad SMARTS) is 2. The van der Waals surface area contributed by atoms with Gasteiger partial charge in [-0.25, -0.2) is 0 Å². The smallest absolute Gasteiger partial charge is 0.309 e. The van der Waals surface area contributed by atoms with Crippen LogP contribution in [0.3, 0.4) is 0 Å². The Bertz CT molecular complexity index is 234. The van der Waals surface area contributed by atoms with Crippen LogP contribution in [-0.4, -0.2) is 35.2 Å². The first kappa shape index (κ1) is 12.4. The first-order chi connectivity index (χ1) is 6.47. The number of rotatable bonds is 6. The molecule has 80 valence electrons. The fourth-order valence-corrected chi connectivity index (χ4v) is 0.978. The van der Waals surface area contributed by atoms with E-state index in [0.29, 0.717) is 0 Å². The first-order valence-electron chi connectivity index (χ1n) is 3.98. The number of methoxy groups -OCH3 is 1. The van der Waals surface area contributed by atoms with Crippen molar-refractivity contribution in [2.24, 2.45) is 5.92 Å². The Hall–Kier alpha value is -1.59. The maximum atomic E-state index is 11.0. The van der Waals surface area contributed by atoms with E-state index >= 15 is 0 Å². The van der Waals surface area contributed by atoms with Crippen molar-refractivity contribution >= 4 is 17.9 Å². The Labute approximate surface area is 80.5 Å². The Morgan fingerprint density at radius 2 is 1.79 bits per heavy atom. The van der Waals surface area contributed by atoms with Crippen LogP contribution in [0.5, 0.6) is 0 Å². The Balaban J connectivity index is 4.17. The molecule has 0 bridgehead atoms. The van der Waals surface area contributed by atoms with Gasteiger partial charge in [0.2, 0.25) is 0 Å². The molecule has 0 aliphatic heterocycles. The summed E-state index contributed by atoms with van der Waals surface area (Å²) in [5.41, 5.74) is 0. The molecule has 0 spiro atoms. The van der Waals surface area contributed by atoms with Crippen LogP contribution in [0.4, 0.5) is 0 Å². The molecule has 0 radical (unpaired) electrons. The van der Waals surface area contributed by atoms with Crippen molar-refractivity contribution in [1.29, 1.82) is 0 Å². The third-order valence-electron chi connectivity index (χ3n) is 1.66. The van der Waals surface area contributed by atoms with Crippen molar-refractivity contribution in [2.45, 2.75) is 19.3 Å². The summed E-state index contributed by atoms with van der Waals surface area (Å²) in [6.45, 7) is 0. The van der Waals surface area contributed by atoms with E-state index in [-0.39, 0.29) is 12.8 Å². The fourth-order valence-electron chi connectivity index (χ4n) is 0.978. The Morgan fingerprint density at radius 3 is 2.14 bits per heavy atom. The lowest BCUT2D eigenvalue weighted by atomic mass is 10.00. The van der Waals surface area contributed by atoms with Gasteiger partial charge in [0.1, 0.15) is 0 Å². The number of carboxylic acids is 2. The summed E-state index contributed by atoms with van der Waals surface area (Å²) < 4.78 is 4.35. The molecule has 0 rings (SSSR count). The molecule has 0 aliphatic rings. The van der Waals surface area contributed by atoms with Gasteiger partial charge >= 0.3 is 17.9 Å². The van der Waals surface area contributed by atoms with Crippen LogP contribution in [0.15, 0.2) is 0 Å². The Morgan fingerprint density at radius 1 is 1.21 bits per heavy atom. The second-order valence-electron chi connectivity index (χ2n) is 2.75. The van der Waals surface area contributed by atoms with Gasteiger partial charge in [0.05, 0.1) is 19.4 Å². The van der Waals surface area contributed by atoms with Crippen LogP contribution in [-0.2, 0) is 19.1 Å². The van der Waals surface area contributed by atoms with Crippen LogP contribution < -0.4 is 0 Å². The highest BCUT2D eigenvalue weighted by atomic mass is 16.5. The van der Waals surface area contributed by atoms with Crippen molar-refractivity contribution < 1.29 is 29.3 Å². The summed E-state index contributed by atoms with van der Waals surface area (Å²) in [5, 5.41) is 16.8. The highest BCUT2D eigenvalue weighted by Gasteiger charge is 2.22. The van der Waals surface area contributed by atoms with E-state index in [1.165, 1.54) is 0 Å². The normalized spacial score (nSPS) is 11.8. The second kappa shape index (κ2) is 5.95. The Kier molecular flexibility index (Phi) is 5.28. The maximum absolute atomic E-state index is 11.0. The van der Waals surface area contributed by atoms with Gasteiger partial charge in [-0.05, 0) is 6.42 Å². The standard InChI is InChI=1S/C8H12O6/c1-14-8(13)5(4-7(11)12)2-3-6(9)10/h5H,2-4H2,1H3,(H,9,10)(H,11,12)/t5-/m1/s1. The highest BCUT2D eigenvalue weighted by Crippen LogP contribution is 2.13. The van der Waals surface area contributed by atoms with Gasteiger partial charge in [0.25, 0.3) is 0 Å². The van der Waals surface area contributed by atoms with Crippen molar-refractivity contribution in [3.63, 3.8) is 0 Å². The molecule has 0 unspecified atom stereocenters. The average Bonchev–Trinajstić information content (AvgIpc) is 2.10. The number of ether oxygens (including phenoxy) is 1. The number of carbonyl (C=O) groups is 3. The monoisotopic (exact) mass is 204 g/mol. The van der Waals surface area contributed by atoms with E-state index in [4.69, 9.17) is 10.2 Å². The summed E-state index contributed by atoms with van der Waals surface area (Å²) in [7, 11) is 1.14. The van der Waals surface area contributed by atoms with E-state index in [0.717, 1.165) is 7.11 Å². The molecule has 0 saturated heterocycles. The molecule has 0 fully saturated rings. The lowest BCUT2D eigenvalue weighted by Gasteiger charge is -2.10. The van der Waals surface area contributed by atoms with E-state index in [9.17, 15) is 14.4 Å². The van der Waals surface area contributed by atoms with E-state index in [1.54, 1.807) is 0 Å². The summed E-state index contributed by atoms with van der Waals surface area (Å²) in [6.07, 6.45) is -0.665. The van der Waals surface area contributed by atoms with Crippen molar-refractivity contribution in [1.82, 2.24) is 0 Å². The molecule has 0 aromatic rings. The van der Waals surface area contributed by atoms with E-state index in [2.05, 4.69) is 4.74 Å². The molecule has 0 saturated carbocycles. The van der Waals surface area contributed by atoms with Crippen LogP contribution in [0.2, 0.25) is 0 Å². The molecular weight excluding hydrogens is 192 g/mol. The molecule has 1 atom stereocenters.